The highest BCUT2D eigenvalue weighted by Crippen LogP contribution is 2.20. The number of pyridine rings is 1. The van der Waals surface area contributed by atoms with Crippen LogP contribution in [0.1, 0.15) is 25.3 Å². The quantitative estimate of drug-likeness (QED) is 0.699. The smallest absolute Gasteiger partial charge is 0.129 e. The highest BCUT2D eigenvalue weighted by atomic mass is 15.0. The van der Waals surface area contributed by atoms with Gasteiger partial charge in [-0.15, -0.1) is 0 Å². The first-order valence-corrected chi connectivity index (χ1v) is 3.88. The van der Waals surface area contributed by atoms with E-state index in [-0.39, 0.29) is 0 Å². The third-order valence-corrected chi connectivity index (χ3v) is 1.70. The lowest BCUT2D eigenvalue weighted by atomic mass is 10.0. The van der Waals surface area contributed by atoms with Crippen molar-refractivity contribution < 1.29 is 0 Å². The molecule has 60 valence electrons. The predicted molar refractivity (Wildman–Crippen MR) is 47.9 cm³/mol. The van der Waals surface area contributed by atoms with Gasteiger partial charge in [-0.3, -0.25) is 0 Å². The van der Waals surface area contributed by atoms with Crippen molar-refractivity contribution in [2.45, 2.75) is 19.8 Å². The van der Waals surface area contributed by atoms with Crippen LogP contribution in [0.3, 0.4) is 0 Å². The van der Waals surface area contributed by atoms with Crippen LogP contribution in [-0.2, 0) is 0 Å². The Morgan fingerprint density at radius 1 is 1.45 bits per heavy atom. The fraction of sp³-hybridized carbons (Fsp3) is 0.444. The van der Waals surface area contributed by atoms with Crippen LogP contribution in [0.2, 0.25) is 0 Å². The lowest BCUT2D eigenvalue weighted by molar-refractivity contribution is 0.860. The summed E-state index contributed by atoms with van der Waals surface area (Å²) in [6.45, 7) is 4.33. The summed E-state index contributed by atoms with van der Waals surface area (Å²) < 4.78 is 0. The topological polar surface area (TPSA) is 24.9 Å². The number of nitrogens with one attached hydrogen (secondary N) is 1. The second-order valence-electron chi connectivity index (χ2n) is 2.85. The number of anilines is 1. The molecule has 1 rings (SSSR count). The minimum atomic E-state index is 0.533. The molecule has 11 heavy (non-hydrogen) atoms. The lowest BCUT2D eigenvalue weighted by Crippen LogP contribution is -1.98. The summed E-state index contributed by atoms with van der Waals surface area (Å²) in [6.07, 6.45) is 1.80. The largest absolute Gasteiger partial charge is 0.373 e. The van der Waals surface area contributed by atoms with Gasteiger partial charge in [-0.1, -0.05) is 19.9 Å². The van der Waals surface area contributed by atoms with Crippen molar-refractivity contribution in [2.75, 3.05) is 12.4 Å². The second-order valence-corrected chi connectivity index (χ2v) is 2.85. The summed E-state index contributed by atoms with van der Waals surface area (Å²) >= 11 is 0. The third kappa shape index (κ3) is 1.70. The molecule has 0 aliphatic rings. The van der Waals surface area contributed by atoms with Crippen molar-refractivity contribution in [2.24, 2.45) is 0 Å². The van der Waals surface area contributed by atoms with E-state index in [1.54, 1.807) is 6.20 Å². The molecule has 0 unspecified atom stereocenters. The van der Waals surface area contributed by atoms with Gasteiger partial charge >= 0.3 is 0 Å². The maximum Gasteiger partial charge on any atom is 0.129 e. The fourth-order valence-corrected chi connectivity index (χ4v) is 1.09. The van der Waals surface area contributed by atoms with E-state index in [4.69, 9.17) is 0 Å². The second kappa shape index (κ2) is 3.37. The van der Waals surface area contributed by atoms with E-state index in [0.717, 1.165) is 5.82 Å². The van der Waals surface area contributed by atoms with Gasteiger partial charge in [-0.05, 0) is 17.5 Å². The maximum absolute atomic E-state index is 4.21. The van der Waals surface area contributed by atoms with Crippen molar-refractivity contribution in [3.8, 4) is 0 Å². The Bertz CT molecular complexity index is 231. The normalized spacial score (nSPS) is 10.2. The summed E-state index contributed by atoms with van der Waals surface area (Å²) in [5.74, 6) is 1.52. The van der Waals surface area contributed by atoms with Gasteiger partial charge in [0.15, 0.2) is 0 Å². The van der Waals surface area contributed by atoms with Crippen LogP contribution in [0.4, 0.5) is 5.82 Å². The van der Waals surface area contributed by atoms with Gasteiger partial charge in [-0.25, -0.2) is 4.98 Å². The zero-order valence-corrected chi connectivity index (χ0v) is 7.26. The highest BCUT2D eigenvalue weighted by Gasteiger charge is 2.03. The summed E-state index contributed by atoms with van der Waals surface area (Å²) in [6, 6.07) is 4.07. The van der Waals surface area contributed by atoms with Gasteiger partial charge in [0.25, 0.3) is 0 Å². The van der Waals surface area contributed by atoms with E-state index in [1.807, 2.05) is 13.1 Å². The van der Waals surface area contributed by atoms with E-state index in [9.17, 15) is 0 Å². The van der Waals surface area contributed by atoms with Gasteiger partial charge in [-0.2, -0.15) is 0 Å². The molecule has 1 heterocycles. The fourth-order valence-electron chi connectivity index (χ4n) is 1.09. The molecule has 0 fully saturated rings. The Balaban J connectivity index is 3.02. The first kappa shape index (κ1) is 8.05. The molecule has 1 aromatic heterocycles. The Morgan fingerprint density at radius 3 is 2.64 bits per heavy atom. The highest BCUT2D eigenvalue weighted by molar-refractivity contribution is 5.44. The van der Waals surface area contributed by atoms with Crippen molar-refractivity contribution in [1.82, 2.24) is 4.98 Å². The van der Waals surface area contributed by atoms with Gasteiger partial charge in [0, 0.05) is 13.2 Å². The molecular formula is C9H14N2. The zero-order valence-electron chi connectivity index (χ0n) is 7.26. The van der Waals surface area contributed by atoms with E-state index < -0.39 is 0 Å². The SMILES string of the molecule is CNc1ncccc1C(C)C. The predicted octanol–water partition coefficient (Wildman–Crippen LogP) is 2.25. The molecular weight excluding hydrogens is 136 g/mol. The van der Waals surface area contributed by atoms with Crippen molar-refractivity contribution in [3.05, 3.63) is 23.9 Å². The van der Waals surface area contributed by atoms with E-state index >= 15 is 0 Å². The minimum Gasteiger partial charge on any atom is -0.373 e. The molecule has 0 aromatic carbocycles. The van der Waals surface area contributed by atoms with Crippen LogP contribution in [0.15, 0.2) is 18.3 Å². The maximum atomic E-state index is 4.21. The Labute approximate surface area is 67.7 Å². The van der Waals surface area contributed by atoms with Crippen LogP contribution in [-0.4, -0.2) is 12.0 Å². The molecule has 2 heteroatoms. The first-order valence-electron chi connectivity index (χ1n) is 3.88. The van der Waals surface area contributed by atoms with Gasteiger partial charge < -0.3 is 5.32 Å². The van der Waals surface area contributed by atoms with E-state index in [0.29, 0.717) is 5.92 Å². The van der Waals surface area contributed by atoms with Gasteiger partial charge in [0.05, 0.1) is 0 Å². The van der Waals surface area contributed by atoms with Gasteiger partial charge in [0.1, 0.15) is 5.82 Å². The van der Waals surface area contributed by atoms with Crippen LogP contribution in [0.5, 0.6) is 0 Å². The number of hydrogen-bond acceptors (Lipinski definition) is 2. The Morgan fingerprint density at radius 2 is 2.18 bits per heavy atom. The number of aromatic nitrogens is 1. The number of hydrogen-bond donors (Lipinski definition) is 1. The van der Waals surface area contributed by atoms with Crippen LogP contribution < -0.4 is 5.32 Å². The van der Waals surface area contributed by atoms with Crippen LogP contribution in [0.25, 0.3) is 0 Å². The molecule has 0 saturated heterocycles. The summed E-state index contributed by atoms with van der Waals surface area (Å²) in [7, 11) is 1.90. The number of rotatable bonds is 2. The molecule has 1 aromatic rings. The number of nitrogens with zero attached hydrogens (tertiary/aromatic N) is 1. The summed E-state index contributed by atoms with van der Waals surface area (Å²) in [4.78, 5) is 4.21. The molecule has 0 saturated carbocycles. The molecule has 0 amide bonds. The molecule has 0 aliphatic heterocycles. The summed E-state index contributed by atoms with van der Waals surface area (Å²) in [5.41, 5.74) is 1.27. The molecule has 0 radical (unpaired) electrons. The average molecular weight is 150 g/mol. The average Bonchev–Trinajstić information content (AvgIpc) is 2.04. The standard InChI is InChI=1S/C9H14N2/c1-7(2)8-5-4-6-11-9(8)10-3/h4-7H,1-3H3,(H,10,11). The molecule has 0 spiro atoms. The van der Waals surface area contributed by atoms with E-state index in [1.165, 1.54) is 5.56 Å². The van der Waals surface area contributed by atoms with Gasteiger partial charge in [0.2, 0.25) is 0 Å². The molecule has 0 atom stereocenters. The molecule has 0 bridgehead atoms. The Kier molecular flexibility index (Phi) is 2.47. The Hall–Kier alpha value is -1.05. The third-order valence-electron chi connectivity index (χ3n) is 1.70. The first-order chi connectivity index (χ1) is 5.25. The van der Waals surface area contributed by atoms with E-state index in [2.05, 4.69) is 30.2 Å². The zero-order chi connectivity index (χ0) is 8.27. The molecule has 1 N–H and O–H groups in total. The van der Waals surface area contributed by atoms with Crippen molar-refractivity contribution in [1.29, 1.82) is 0 Å². The van der Waals surface area contributed by atoms with Crippen LogP contribution in [0, 0.1) is 0 Å². The minimum absolute atomic E-state index is 0.533. The van der Waals surface area contributed by atoms with Crippen molar-refractivity contribution in [3.63, 3.8) is 0 Å². The lowest BCUT2D eigenvalue weighted by Gasteiger charge is -2.09. The van der Waals surface area contributed by atoms with Crippen LogP contribution >= 0.6 is 0 Å². The monoisotopic (exact) mass is 150 g/mol. The molecule has 0 aliphatic carbocycles. The molecule has 2 nitrogen and oxygen atoms in total. The summed E-state index contributed by atoms with van der Waals surface area (Å²) in [5, 5.41) is 3.07. The van der Waals surface area contributed by atoms with Crippen molar-refractivity contribution >= 4 is 5.82 Å².